The molecule has 9 heteroatoms. The van der Waals surface area contributed by atoms with Gasteiger partial charge in [-0.3, -0.25) is 5.01 Å². The number of hydrogen-bond acceptors (Lipinski definition) is 4. The highest BCUT2D eigenvalue weighted by atomic mass is 19.1. The van der Waals surface area contributed by atoms with E-state index in [2.05, 4.69) is 4.98 Å². The van der Waals surface area contributed by atoms with E-state index in [1.165, 1.54) is 24.3 Å². The Morgan fingerprint density at radius 2 is 1.77 bits per heavy atom. The monoisotopic (exact) mass is 362 g/mol. The number of halogens is 3. The van der Waals surface area contributed by atoms with Gasteiger partial charge in [0, 0.05) is 17.0 Å². The molecule has 0 spiro atoms. The lowest BCUT2D eigenvalue weighted by molar-refractivity contribution is -0.132. The maximum atomic E-state index is 14.1. The molecule has 0 unspecified atom stereocenters. The van der Waals surface area contributed by atoms with Gasteiger partial charge in [0.1, 0.15) is 23.1 Å². The van der Waals surface area contributed by atoms with Gasteiger partial charge in [-0.2, -0.15) is 0 Å². The number of benzene rings is 2. The molecule has 3 rings (SSSR count). The molecule has 3 aromatic rings. The summed E-state index contributed by atoms with van der Waals surface area (Å²) in [5, 5.41) is 9.82. The van der Waals surface area contributed by atoms with Crippen LogP contribution in [0, 0.1) is 17.5 Å². The van der Waals surface area contributed by atoms with Crippen molar-refractivity contribution in [2.45, 2.75) is 0 Å². The van der Waals surface area contributed by atoms with Crippen LogP contribution < -0.4 is 16.6 Å². The van der Waals surface area contributed by atoms with Crippen molar-refractivity contribution in [3.63, 3.8) is 0 Å². The molecule has 134 valence electrons. The lowest BCUT2D eigenvalue weighted by Gasteiger charge is -2.16. The van der Waals surface area contributed by atoms with Gasteiger partial charge in [-0.15, -0.1) is 0 Å². The third-order valence-corrected chi connectivity index (χ3v) is 3.71. The number of nitrogens with one attached hydrogen (secondary N) is 1. The van der Waals surface area contributed by atoms with Gasteiger partial charge in [0.05, 0.1) is 23.1 Å². The van der Waals surface area contributed by atoms with Gasteiger partial charge in [-0.1, -0.05) is 0 Å². The minimum atomic E-state index is -1.42. The van der Waals surface area contributed by atoms with Crippen LogP contribution >= 0.6 is 0 Å². The molecule has 0 atom stereocenters. The van der Waals surface area contributed by atoms with E-state index in [-0.39, 0.29) is 22.3 Å². The SMILES string of the molecule is N/C(=C\N(N)c1c(-c2ccc(F)cc2)[nH]c2c(F)cc(F)cc12)C(=O)O. The zero-order chi connectivity index (χ0) is 19.0. The number of carbonyl (C=O) groups is 1. The Hall–Kier alpha value is -3.46. The van der Waals surface area contributed by atoms with Gasteiger partial charge < -0.3 is 15.8 Å². The van der Waals surface area contributed by atoms with E-state index < -0.39 is 29.1 Å². The fraction of sp³-hybridized carbons (Fsp3) is 0. The van der Waals surface area contributed by atoms with Gasteiger partial charge in [0.2, 0.25) is 0 Å². The zero-order valence-corrected chi connectivity index (χ0v) is 13.1. The summed E-state index contributed by atoms with van der Waals surface area (Å²) >= 11 is 0. The molecule has 0 saturated carbocycles. The number of aliphatic carboxylic acids is 1. The Bertz CT molecular complexity index is 1030. The summed E-state index contributed by atoms with van der Waals surface area (Å²) in [7, 11) is 0. The second-order valence-corrected chi connectivity index (χ2v) is 5.46. The first-order valence-electron chi connectivity index (χ1n) is 7.29. The Balaban J connectivity index is 2.30. The van der Waals surface area contributed by atoms with E-state index in [0.717, 1.165) is 17.3 Å². The molecule has 0 aliphatic heterocycles. The van der Waals surface area contributed by atoms with Crippen molar-refractivity contribution >= 4 is 22.6 Å². The maximum absolute atomic E-state index is 14.1. The molecule has 1 heterocycles. The van der Waals surface area contributed by atoms with E-state index in [9.17, 15) is 18.0 Å². The second-order valence-electron chi connectivity index (χ2n) is 5.46. The molecule has 0 fully saturated rings. The van der Waals surface area contributed by atoms with Crippen LogP contribution in [0.25, 0.3) is 22.2 Å². The second kappa shape index (κ2) is 6.45. The average molecular weight is 362 g/mol. The summed E-state index contributed by atoms with van der Waals surface area (Å²) in [6.07, 6.45) is 0.904. The van der Waals surface area contributed by atoms with Gasteiger partial charge >= 0.3 is 5.97 Å². The minimum Gasteiger partial charge on any atom is -0.477 e. The van der Waals surface area contributed by atoms with Crippen molar-refractivity contribution in [1.29, 1.82) is 0 Å². The number of carboxylic acid groups (broad SMARTS) is 1. The van der Waals surface area contributed by atoms with Crippen molar-refractivity contribution in [3.8, 4) is 11.3 Å². The van der Waals surface area contributed by atoms with Crippen LogP contribution in [0.1, 0.15) is 0 Å². The standard InChI is InChI=1S/C17H13F3N4O2/c18-9-3-1-8(2-4-9)14-16(24(22)7-13(21)17(25)26)11-5-10(19)6-12(20)15(11)23-14/h1-7,23H,21-22H2,(H,25,26)/b13-7-. The van der Waals surface area contributed by atoms with Crippen molar-refractivity contribution in [2.75, 3.05) is 5.01 Å². The normalized spacial score (nSPS) is 11.8. The molecule has 26 heavy (non-hydrogen) atoms. The fourth-order valence-corrected chi connectivity index (χ4v) is 2.57. The lowest BCUT2D eigenvalue weighted by Crippen LogP contribution is -2.28. The number of anilines is 1. The summed E-state index contributed by atoms with van der Waals surface area (Å²) in [5.41, 5.74) is 5.49. The molecule has 0 amide bonds. The third-order valence-electron chi connectivity index (χ3n) is 3.71. The largest absolute Gasteiger partial charge is 0.477 e. The molecule has 2 aromatic carbocycles. The van der Waals surface area contributed by atoms with E-state index in [4.69, 9.17) is 16.7 Å². The highest BCUT2D eigenvalue weighted by Gasteiger charge is 2.20. The molecule has 0 radical (unpaired) electrons. The number of hydrogen-bond donors (Lipinski definition) is 4. The topological polar surface area (TPSA) is 108 Å². The van der Waals surface area contributed by atoms with Crippen molar-refractivity contribution in [1.82, 2.24) is 4.98 Å². The maximum Gasteiger partial charge on any atom is 0.353 e. The smallest absolute Gasteiger partial charge is 0.353 e. The quantitative estimate of drug-likeness (QED) is 0.324. The molecule has 0 bridgehead atoms. The van der Waals surface area contributed by atoms with Crippen LogP contribution in [0.5, 0.6) is 0 Å². The molecule has 6 nitrogen and oxygen atoms in total. The van der Waals surface area contributed by atoms with Gasteiger partial charge in [-0.25, -0.2) is 23.8 Å². The molecule has 0 aliphatic rings. The van der Waals surface area contributed by atoms with E-state index >= 15 is 0 Å². The minimum absolute atomic E-state index is 0.0431. The summed E-state index contributed by atoms with van der Waals surface area (Å²) in [6.45, 7) is 0. The van der Waals surface area contributed by atoms with Gasteiger partial charge in [-0.05, 0) is 30.3 Å². The number of H-pyrrole nitrogens is 1. The summed E-state index contributed by atoms with van der Waals surface area (Å²) in [6, 6.07) is 6.93. The van der Waals surface area contributed by atoms with E-state index in [1.54, 1.807) is 0 Å². The van der Waals surface area contributed by atoms with Crippen molar-refractivity contribution < 1.29 is 23.1 Å². The van der Waals surface area contributed by atoms with E-state index in [0.29, 0.717) is 11.6 Å². The highest BCUT2D eigenvalue weighted by Crippen LogP contribution is 2.38. The zero-order valence-electron chi connectivity index (χ0n) is 13.1. The number of rotatable bonds is 4. The van der Waals surface area contributed by atoms with Crippen molar-refractivity contribution in [3.05, 3.63) is 65.7 Å². The number of aromatic nitrogens is 1. The fourth-order valence-electron chi connectivity index (χ4n) is 2.57. The average Bonchev–Trinajstić information content (AvgIpc) is 2.95. The van der Waals surface area contributed by atoms with E-state index in [1.807, 2.05) is 0 Å². The molecular weight excluding hydrogens is 349 g/mol. The number of nitrogens with two attached hydrogens (primary N) is 2. The van der Waals surface area contributed by atoms with Gasteiger partial charge in [0.25, 0.3) is 0 Å². The number of aromatic amines is 1. The Morgan fingerprint density at radius 1 is 1.12 bits per heavy atom. The number of hydrazine groups is 1. The van der Waals surface area contributed by atoms with Gasteiger partial charge in [0.15, 0.2) is 0 Å². The van der Waals surface area contributed by atoms with Crippen LogP contribution in [0.3, 0.4) is 0 Å². The summed E-state index contributed by atoms with van der Waals surface area (Å²) < 4.78 is 41.0. The number of fused-ring (bicyclic) bond motifs is 1. The molecule has 1 aromatic heterocycles. The first-order chi connectivity index (χ1) is 12.3. The van der Waals surface area contributed by atoms with Crippen LogP contribution in [0.4, 0.5) is 18.9 Å². The summed E-state index contributed by atoms with van der Waals surface area (Å²) in [5.74, 6) is 2.28. The first kappa shape index (κ1) is 17.4. The lowest BCUT2D eigenvalue weighted by atomic mass is 10.1. The predicted molar refractivity (Wildman–Crippen MR) is 90.2 cm³/mol. The molecule has 6 N–H and O–H groups in total. The molecule has 0 aliphatic carbocycles. The Kier molecular flexibility index (Phi) is 4.31. The predicted octanol–water partition coefficient (Wildman–Crippen LogP) is 2.82. The molecular formula is C17H13F3N4O2. The van der Waals surface area contributed by atoms with Crippen molar-refractivity contribution in [2.24, 2.45) is 11.6 Å². The molecule has 0 saturated heterocycles. The van der Waals surface area contributed by atoms with Crippen LogP contribution in [-0.4, -0.2) is 16.1 Å². The highest BCUT2D eigenvalue weighted by molar-refractivity contribution is 6.02. The van der Waals surface area contributed by atoms with Crippen LogP contribution in [0.2, 0.25) is 0 Å². The number of nitrogens with zero attached hydrogens (tertiary/aromatic N) is 1. The Labute approximate surface area is 145 Å². The van der Waals surface area contributed by atoms with Crippen LogP contribution in [-0.2, 0) is 4.79 Å². The number of carboxylic acids is 1. The Morgan fingerprint density at radius 3 is 2.38 bits per heavy atom. The third kappa shape index (κ3) is 3.07. The summed E-state index contributed by atoms with van der Waals surface area (Å²) in [4.78, 5) is 13.7. The van der Waals surface area contributed by atoms with Crippen LogP contribution in [0.15, 0.2) is 48.3 Å². The first-order valence-corrected chi connectivity index (χ1v) is 7.29.